The molecule has 160 valence electrons. The van der Waals surface area contributed by atoms with Gasteiger partial charge in [0.05, 0.1) is 12.0 Å². The average Bonchev–Trinajstić information content (AvgIpc) is 2.89. The summed E-state index contributed by atoms with van der Waals surface area (Å²) in [6, 6.07) is 38.8. The second-order valence-corrected chi connectivity index (χ2v) is 7.80. The van der Waals surface area contributed by atoms with Gasteiger partial charge in [-0.2, -0.15) is 0 Å². The number of hydrogen-bond acceptors (Lipinski definition) is 2. The largest absolute Gasteiger partial charge is 0.458 e. The molecule has 0 aliphatic rings. The predicted molar refractivity (Wildman–Crippen MR) is 132 cm³/mol. The van der Waals surface area contributed by atoms with Crippen LogP contribution in [-0.4, -0.2) is 12.6 Å². The third-order valence-corrected chi connectivity index (χ3v) is 5.74. The molecule has 1 heterocycles. The van der Waals surface area contributed by atoms with E-state index in [-0.39, 0.29) is 5.97 Å². The molecule has 0 N–H and O–H groups in total. The Labute approximate surface area is 193 Å². The zero-order valence-corrected chi connectivity index (χ0v) is 18.4. The maximum Gasteiger partial charge on any atom is 0.404 e. The number of carbonyl (C=O) groups excluding carboxylic acids is 1. The van der Waals surface area contributed by atoms with Gasteiger partial charge < -0.3 is 4.74 Å². The van der Waals surface area contributed by atoms with Gasteiger partial charge in [0.1, 0.15) is 0 Å². The maximum absolute atomic E-state index is 13.3. The van der Waals surface area contributed by atoms with E-state index in [0.29, 0.717) is 12.3 Å². The molecule has 0 saturated heterocycles. The Balaban J connectivity index is 1.89. The summed E-state index contributed by atoms with van der Waals surface area (Å²) in [6.07, 6.45) is 0. The molecule has 5 rings (SSSR count). The van der Waals surface area contributed by atoms with Crippen molar-refractivity contribution in [3.05, 3.63) is 121 Å². The van der Waals surface area contributed by atoms with Crippen molar-refractivity contribution in [3.8, 4) is 28.1 Å². The van der Waals surface area contributed by atoms with E-state index in [2.05, 4.69) is 54.6 Å². The normalized spacial score (nSPS) is 10.8. The van der Waals surface area contributed by atoms with Crippen LogP contribution >= 0.6 is 0 Å². The van der Waals surface area contributed by atoms with Crippen molar-refractivity contribution in [1.29, 1.82) is 0 Å². The highest BCUT2D eigenvalue weighted by Crippen LogP contribution is 2.28. The number of hydrogen-bond donors (Lipinski definition) is 0. The van der Waals surface area contributed by atoms with Crippen LogP contribution in [0, 0.1) is 0 Å². The third-order valence-electron chi connectivity index (χ3n) is 5.74. The molecule has 3 nitrogen and oxygen atoms in total. The second-order valence-electron chi connectivity index (χ2n) is 7.80. The Hall–Kier alpha value is -4.24. The minimum absolute atomic E-state index is 0.310. The van der Waals surface area contributed by atoms with Crippen LogP contribution in [0.4, 0.5) is 0 Å². The summed E-state index contributed by atoms with van der Waals surface area (Å²) in [7, 11) is 0. The minimum Gasteiger partial charge on any atom is -0.458 e. The summed E-state index contributed by atoms with van der Waals surface area (Å²) < 4.78 is 7.55. The summed E-state index contributed by atoms with van der Waals surface area (Å²) in [5, 5.41) is 2.18. The summed E-state index contributed by atoms with van der Waals surface area (Å²) in [6.45, 7) is 2.14. The maximum atomic E-state index is 13.3. The Morgan fingerprint density at radius 3 is 2.06 bits per heavy atom. The van der Waals surface area contributed by atoms with Crippen LogP contribution in [0.25, 0.3) is 38.8 Å². The van der Waals surface area contributed by atoms with Crippen LogP contribution in [0.15, 0.2) is 115 Å². The monoisotopic (exact) mass is 430 g/mol. The highest BCUT2D eigenvalue weighted by Gasteiger charge is 2.30. The third kappa shape index (κ3) is 4.01. The van der Waals surface area contributed by atoms with E-state index < -0.39 is 0 Å². The Kier molecular flexibility index (Phi) is 5.69. The van der Waals surface area contributed by atoms with Gasteiger partial charge in [0.15, 0.2) is 0 Å². The lowest BCUT2D eigenvalue weighted by molar-refractivity contribution is -0.585. The van der Waals surface area contributed by atoms with Gasteiger partial charge in [-0.15, -0.1) is 4.57 Å². The number of nitrogens with zero attached hydrogens (tertiary/aromatic N) is 1. The minimum atomic E-state index is -0.347. The first-order valence-corrected chi connectivity index (χ1v) is 11.1. The number of esters is 1. The van der Waals surface area contributed by atoms with Gasteiger partial charge in [-0.05, 0) is 41.6 Å². The predicted octanol–water partition coefficient (Wildman–Crippen LogP) is 6.63. The highest BCUT2D eigenvalue weighted by molar-refractivity contribution is 5.91. The number of benzene rings is 4. The molecule has 0 saturated carbocycles. The smallest absolute Gasteiger partial charge is 0.404 e. The topological polar surface area (TPSA) is 30.2 Å². The van der Waals surface area contributed by atoms with E-state index in [0.717, 1.165) is 38.8 Å². The molecule has 4 aromatic carbocycles. The van der Waals surface area contributed by atoms with Crippen molar-refractivity contribution < 1.29 is 14.1 Å². The van der Waals surface area contributed by atoms with E-state index in [9.17, 15) is 4.79 Å². The van der Waals surface area contributed by atoms with Crippen LogP contribution in [0.3, 0.4) is 0 Å². The Bertz CT molecular complexity index is 1420. The van der Waals surface area contributed by atoms with Crippen LogP contribution < -0.4 is 4.57 Å². The van der Waals surface area contributed by atoms with E-state index in [1.807, 2.05) is 72.2 Å². The summed E-state index contributed by atoms with van der Waals surface area (Å²) in [4.78, 5) is 13.3. The molecule has 0 aliphatic heterocycles. The number of carbonyl (C=O) groups is 1. The van der Waals surface area contributed by atoms with Crippen LogP contribution in [-0.2, 0) is 4.74 Å². The standard InChI is InChI=1S/C30H24NO2/c1-2-33-30(32)29-21-25(22-12-5-3-6-13-22)20-28(24-15-7-4-8-16-24)31(29)27-19-11-17-23-14-9-10-18-26(23)27/h3-21H,2H2,1H3/q+1. The Morgan fingerprint density at radius 1 is 0.697 bits per heavy atom. The molecule has 0 bridgehead atoms. The van der Waals surface area contributed by atoms with E-state index in [1.54, 1.807) is 0 Å². The molecule has 0 aliphatic carbocycles. The molecule has 3 heteroatoms. The molecule has 0 spiro atoms. The summed E-state index contributed by atoms with van der Waals surface area (Å²) in [5.41, 5.74) is 5.40. The van der Waals surface area contributed by atoms with Crippen molar-refractivity contribution >= 4 is 16.7 Å². The second kappa shape index (κ2) is 9.09. The van der Waals surface area contributed by atoms with Crippen molar-refractivity contribution in [2.24, 2.45) is 0 Å². The molecule has 0 radical (unpaired) electrons. The molecular weight excluding hydrogens is 406 g/mol. The first-order valence-electron chi connectivity index (χ1n) is 11.1. The van der Waals surface area contributed by atoms with Crippen molar-refractivity contribution in [3.63, 3.8) is 0 Å². The summed E-state index contributed by atoms with van der Waals surface area (Å²) >= 11 is 0. The van der Waals surface area contributed by atoms with Gasteiger partial charge in [-0.25, -0.2) is 4.79 Å². The molecule has 0 atom stereocenters. The molecule has 1 aromatic heterocycles. The number of pyridine rings is 1. The van der Waals surface area contributed by atoms with Gasteiger partial charge in [0.2, 0.25) is 11.4 Å². The Morgan fingerprint density at radius 2 is 1.33 bits per heavy atom. The quantitative estimate of drug-likeness (QED) is 0.231. The number of rotatable bonds is 5. The lowest BCUT2D eigenvalue weighted by Crippen LogP contribution is -2.41. The lowest BCUT2D eigenvalue weighted by Gasteiger charge is -2.13. The van der Waals surface area contributed by atoms with Gasteiger partial charge >= 0.3 is 5.97 Å². The lowest BCUT2D eigenvalue weighted by atomic mass is 10.00. The van der Waals surface area contributed by atoms with Crippen LogP contribution in [0.1, 0.15) is 17.4 Å². The number of aromatic nitrogens is 1. The number of fused-ring (bicyclic) bond motifs is 1. The van der Waals surface area contributed by atoms with E-state index in [4.69, 9.17) is 4.74 Å². The highest BCUT2D eigenvalue weighted by atomic mass is 16.5. The average molecular weight is 431 g/mol. The van der Waals surface area contributed by atoms with Gasteiger partial charge in [0, 0.05) is 23.8 Å². The SMILES string of the molecule is CCOC(=O)c1cc(-c2ccccc2)cc(-c2ccccc2)[n+]1-c1cccc2ccccc12. The van der Waals surface area contributed by atoms with Crippen molar-refractivity contribution in [2.75, 3.05) is 6.61 Å². The molecule has 0 amide bonds. The summed E-state index contributed by atoms with van der Waals surface area (Å²) in [5.74, 6) is -0.347. The van der Waals surface area contributed by atoms with Gasteiger partial charge in [-0.1, -0.05) is 78.9 Å². The van der Waals surface area contributed by atoms with Gasteiger partial charge in [0.25, 0.3) is 5.69 Å². The van der Waals surface area contributed by atoms with E-state index >= 15 is 0 Å². The molecule has 0 unspecified atom stereocenters. The molecule has 33 heavy (non-hydrogen) atoms. The zero-order chi connectivity index (χ0) is 22.6. The zero-order valence-electron chi connectivity index (χ0n) is 18.4. The first kappa shape index (κ1) is 20.7. The molecule has 5 aromatic rings. The molecular formula is C30H24NO2+. The fourth-order valence-corrected chi connectivity index (χ4v) is 4.23. The van der Waals surface area contributed by atoms with Gasteiger partial charge in [-0.3, -0.25) is 0 Å². The van der Waals surface area contributed by atoms with Crippen molar-refractivity contribution in [1.82, 2.24) is 0 Å². The van der Waals surface area contributed by atoms with E-state index in [1.165, 1.54) is 0 Å². The number of ether oxygens (including phenoxy) is 1. The van der Waals surface area contributed by atoms with Crippen LogP contribution in [0.5, 0.6) is 0 Å². The molecule has 0 fully saturated rings. The van der Waals surface area contributed by atoms with Crippen molar-refractivity contribution in [2.45, 2.75) is 6.92 Å². The fraction of sp³-hybridized carbons (Fsp3) is 0.0667. The first-order chi connectivity index (χ1) is 16.3. The fourth-order valence-electron chi connectivity index (χ4n) is 4.23. The van der Waals surface area contributed by atoms with Crippen LogP contribution in [0.2, 0.25) is 0 Å².